The molecule has 1 aromatic carbocycles. The molecule has 8 heteroatoms. The average molecular weight is 382 g/mol. The van der Waals surface area contributed by atoms with E-state index in [4.69, 9.17) is 0 Å². The highest BCUT2D eigenvalue weighted by Crippen LogP contribution is 2.32. The predicted octanol–water partition coefficient (Wildman–Crippen LogP) is 3.36. The Morgan fingerprint density at radius 2 is 2.04 bits per heavy atom. The van der Waals surface area contributed by atoms with Crippen LogP contribution in [0.15, 0.2) is 36.8 Å². The van der Waals surface area contributed by atoms with E-state index in [-0.39, 0.29) is 11.8 Å². The average Bonchev–Trinajstić information content (AvgIpc) is 3.14. The molecule has 7 nitrogen and oxygen atoms in total. The molecule has 1 saturated carbocycles. The number of aromatic nitrogens is 5. The molecule has 1 aliphatic rings. The topological polar surface area (TPSA) is 80.0 Å². The van der Waals surface area contributed by atoms with E-state index in [0.717, 1.165) is 24.0 Å². The van der Waals surface area contributed by atoms with Gasteiger partial charge in [-0.25, -0.2) is 9.37 Å². The van der Waals surface area contributed by atoms with Crippen LogP contribution in [-0.4, -0.2) is 49.3 Å². The number of nitrogens with zero attached hydrogens (tertiary/aromatic N) is 6. The first-order valence-electron chi connectivity index (χ1n) is 9.40. The zero-order valence-electron chi connectivity index (χ0n) is 16.0. The number of aryl methyl sites for hydroxylation is 1. The highest BCUT2D eigenvalue weighted by atomic mass is 19.1. The van der Waals surface area contributed by atoms with Crippen LogP contribution in [0.1, 0.15) is 25.7 Å². The summed E-state index contributed by atoms with van der Waals surface area (Å²) in [5, 5.41) is 23.0. The van der Waals surface area contributed by atoms with Gasteiger partial charge in [0, 0.05) is 31.9 Å². The number of benzene rings is 1. The summed E-state index contributed by atoms with van der Waals surface area (Å²) < 4.78 is 15.4. The summed E-state index contributed by atoms with van der Waals surface area (Å²) >= 11 is 0. The largest absolute Gasteiger partial charge is 0.507 e. The van der Waals surface area contributed by atoms with Crippen LogP contribution in [0.3, 0.4) is 0 Å². The fourth-order valence-electron chi connectivity index (χ4n) is 3.67. The molecule has 0 bridgehead atoms. The molecular formula is C20H23FN6O. The van der Waals surface area contributed by atoms with E-state index in [1.807, 2.05) is 31.3 Å². The number of alkyl halides is 1. The van der Waals surface area contributed by atoms with Crippen LogP contribution in [0.25, 0.3) is 22.5 Å². The van der Waals surface area contributed by atoms with Crippen LogP contribution in [0.4, 0.5) is 10.2 Å². The summed E-state index contributed by atoms with van der Waals surface area (Å²) in [5.41, 5.74) is 2.28. The van der Waals surface area contributed by atoms with Gasteiger partial charge in [-0.3, -0.25) is 4.68 Å². The van der Waals surface area contributed by atoms with Crippen molar-refractivity contribution in [1.82, 2.24) is 25.0 Å². The second-order valence-corrected chi connectivity index (χ2v) is 7.30. The summed E-state index contributed by atoms with van der Waals surface area (Å²) in [6, 6.07) is 5.43. The van der Waals surface area contributed by atoms with Gasteiger partial charge in [0.1, 0.15) is 11.9 Å². The van der Waals surface area contributed by atoms with E-state index >= 15 is 0 Å². The number of hydrogen-bond donors (Lipinski definition) is 1. The Morgan fingerprint density at radius 3 is 2.68 bits per heavy atom. The smallest absolute Gasteiger partial charge is 0.185 e. The molecule has 3 aromatic rings. The van der Waals surface area contributed by atoms with Crippen molar-refractivity contribution in [2.45, 2.75) is 37.9 Å². The van der Waals surface area contributed by atoms with E-state index in [9.17, 15) is 9.50 Å². The van der Waals surface area contributed by atoms with Gasteiger partial charge in [0.05, 0.1) is 18.0 Å². The normalized spacial score (nSPS) is 19.5. The van der Waals surface area contributed by atoms with Crippen LogP contribution in [0, 0.1) is 0 Å². The molecule has 0 unspecified atom stereocenters. The lowest BCUT2D eigenvalue weighted by Gasteiger charge is -2.32. The summed E-state index contributed by atoms with van der Waals surface area (Å²) in [5.74, 6) is 1.03. The third-order valence-electron chi connectivity index (χ3n) is 5.32. The number of aromatic hydroxyl groups is 1. The quantitative estimate of drug-likeness (QED) is 0.745. The maximum Gasteiger partial charge on any atom is 0.185 e. The molecule has 4 rings (SSSR count). The lowest BCUT2D eigenvalue weighted by atomic mass is 9.93. The summed E-state index contributed by atoms with van der Waals surface area (Å²) in [4.78, 5) is 6.31. The van der Waals surface area contributed by atoms with Crippen molar-refractivity contribution in [3.63, 3.8) is 0 Å². The van der Waals surface area contributed by atoms with Crippen LogP contribution in [-0.2, 0) is 7.05 Å². The van der Waals surface area contributed by atoms with Gasteiger partial charge in [-0.1, -0.05) is 6.07 Å². The molecule has 1 fully saturated rings. The summed E-state index contributed by atoms with van der Waals surface area (Å²) in [7, 11) is 3.74. The van der Waals surface area contributed by atoms with Crippen LogP contribution in [0.2, 0.25) is 0 Å². The first-order valence-corrected chi connectivity index (χ1v) is 9.40. The first-order chi connectivity index (χ1) is 13.5. The van der Waals surface area contributed by atoms with Gasteiger partial charge in [-0.2, -0.15) is 5.10 Å². The third kappa shape index (κ3) is 3.67. The van der Waals surface area contributed by atoms with Crippen molar-refractivity contribution in [3.8, 4) is 28.3 Å². The monoisotopic (exact) mass is 382 g/mol. The number of hydrogen-bond acceptors (Lipinski definition) is 6. The molecule has 146 valence electrons. The second kappa shape index (κ2) is 7.53. The minimum atomic E-state index is -0.753. The molecule has 28 heavy (non-hydrogen) atoms. The molecular weight excluding hydrogens is 359 g/mol. The van der Waals surface area contributed by atoms with Crippen LogP contribution < -0.4 is 4.90 Å². The molecule has 2 atom stereocenters. The van der Waals surface area contributed by atoms with Crippen molar-refractivity contribution < 1.29 is 9.50 Å². The SMILES string of the molecule is CN(c1cnc(-c2ccc(-c3cnn(C)c3)cc2O)nn1)[C@@H]1CCC[C@H](F)C1. The minimum absolute atomic E-state index is 0.0804. The van der Waals surface area contributed by atoms with Gasteiger partial charge in [0.25, 0.3) is 0 Å². The fourth-order valence-corrected chi connectivity index (χ4v) is 3.67. The molecule has 2 heterocycles. The van der Waals surface area contributed by atoms with Gasteiger partial charge in [0.2, 0.25) is 0 Å². The van der Waals surface area contributed by atoms with Crippen LogP contribution in [0.5, 0.6) is 5.75 Å². The Hall–Kier alpha value is -3.03. The molecule has 0 spiro atoms. The Morgan fingerprint density at radius 1 is 1.18 bits per heavy atom. The molecule has 1 aliphatic carbocycles. The zero-order chi connectivity index (χ0) is 19.7. The molecule has 0 saturated heterocycles. The lowest BCUT2D eigenvalue weighted by Crippen LogP contribution is -2.37. The number of phenolic OH excluding ortho intramolecular Hbond substituents is 1. The Balaban J connectivity index is 1.53. The Bertz CT molecular complexity index is 958. The Labute approximate surface area is 162 Å². The van der Waals surface area contributed by atoms with Crippen molar-refractivity contribution in [2.75, 3.05) is 11.9 Å². The Kier molecular flexibility index (Phi) is 4.93. The number of halogens is 1. The number of rotatable bonds is 4. The maximum absolute atomic E-state index is 13.7. The van der Waals surface area contributed by atoms with Gasteiger partial charge in [-0.15, -0.1) is 10.2 Å². The highest BCUT2D eigenvalue weighted by molar-refractivity contribution is 5.72. The van der Waals surface area contributed by atoms with Gasteiger partial charge in [0.15, 0.2) is 11.6 Å². The fraction of sp³-hybridized carbons (Fsp3) is 0.400. The maximum atomic E-state index is 13.7. The van der Waals surface area contributed by atoms with E-state index < -0.39 is 6.17 Å². The van der Waals surface area contributed by atoms with Gasteiger partial charge < -0.3 is 10.0 Å². The van der Waals surface area contributed by atoms with E-state index in [0.29, 0.717) is 30.0 Å². The van der Waals surface area contributed by atoms with Crippen molar-refractivity contribution in [3.05, 3.63) is 36.8 Å². The van der Waals surface area contributed by atoms with Crippen molar-refractivity contribution in [1.29, 1.82) is 0 Å². The van der Waals surface area contributed by atoms with E-state index in [2.05, 4.69) is 20.3 Å². The van der Waals surface area contributed by atoms with E-state index in [1.165, 1.54) is 0 Å². The second-order valence-electron chi connectivity index (χ2n) is 7.30. The van der Waals surface area contributed by atoms with Gasteiger partial charge >= 0.3 is 0 Å². The standard InChI is InChI=1S/C20H23FN6O/c1-26-12-14(10-23-26)13-6-7-17(18(28)8-13)20-22-11-19(24-25-20)27(2)16-5-3-4-15(21)9-16/h6-8,10-12,15-16,28H,3-5,9H2,1-2H3/t15-,16+/m0/s1. The van der Waals surface area contributed by atoms with Crippen molar-refractivity contribution >= 4 is 5.82 Å². The molecule has 2 aromatic heterocycles. The molecule has 0 radical (unpaired) electrons. The summed E-state index contributed by atoms with van der Waals surface area (Å²) in [6.07, 6.45) is 7.46. The predicted molar refractivity (Wildman–Crippen MR) is 105 cm³/mol. The molecule has 0 amide bonds. The zero-order valence-corrected chi connectivity index (χ0v) is 16.0. The minimum Gasteiger partial charge on any atom is -0.507 e. The number of anilines is 1. The molecule has 1 N–H and O–H groups in total. The van der Waals surface area contributed by atoms with Crippen molar-refractivity contribution in [2.24, 2.45) is 7.05 Å². The van der Waals surface area contributed by atoms with Gasteiger partial charge in [-0.05, 0) is 43.4 Å². The first kappa shape index (κ1) is 18.3. The lowest BCUT2D eigenvalue weighted by molar-refractivity contribution is 0.229. The summed E-state index contributed by atoms with van der Waals surface area (Å²) in [6.45, 7) is 0. The van der Waals surface area contributed by atoms with Crippen LogP contribution >= 0.6 is 0 Å². The highest BCUT2D eigenvalue weighted by Gasteiger charge is 2.25. The number of phenols is 1. The van der Waals surface area contributed by atoms with E-state index in [1.54, 1.807) is 29.2 Å². The molecule has 0 aliphatic heterocycles. The third-order valence-corrected chi connectivity index (χ3v) is 5.32.